The monoisotopic (exact) mass is 842 g/mol. The first-order valence-corrected chi connectivity index (χ1v) is 19.2. The summed E-state index contributed by atoms with van der Waals surface area (Å²) in [7, 11) is 0. The first-order chi connectivity index (χ1) is 29.2. The van der Waals surface area contributed by atoms with Crippen LogP contribution in [-0.4, -0.2) is 124 Å². The molecule has 0 amide bonds. The molecule has 7 atom stereocenters. The SMILES string of the molecule is Cc1cc(C)cc(C2=C3N=CC=C3C[NH+]2O[C@@H]2[C@@H](Oc3ccc4c(=O)c(-c5ccc(O)cc5)coc4c3)O[C@@H](COC(=O)[C@H](NCCC=O)C(=O)O)[C@@](O)(CO)[C@]2(O)CO)c1. The van der Waals surface area contributed by atoms with Crippen LogP contribution in [0.15, 0.2) is 98.5 Å². The van der Waals surface area contributed by atoms with E-state index in [-0.39, 0.29) is 52.6 Å². The number of aliphatic hydroxyl groups is 4. The number of nitrogens with one attached hydrogen (secondary N) is 2. The number of nitrogens with zero attached hydrogens (tertiary/aromatic N) is 1. The molecule has 61 heavy (non-hydrogen) atoms. The fourth-order valence-corrected chi connectivity index (χ4v) is 7.73. The van der Waals surface area contributed by atoms with Crippen molar-refractivity contribution in [2.75, 3.05) is 32.9 Å². The van der Waals surface area contributed by atoms with Crippen molar-refractivity contribution in [1.82, 2.24) is 5.32 Å². The number of hydrogen-bond acceptors (Lipinski definition) is 16. The molecule has 320 valence electrons. The number of aliphatic hydroxyl groups excluding tert-OH is 2. The van der Waals surface area contributed by atoms with Gasteiger partial charge in [0.1, 0.15) is 54.6 Å². The maximum Gasteiger partial charge on any atom is 0.334 e. The average molecular weight is 843 g/mol. The van der Waals surface area contributed by atoms with E-state index in [9.17, 15) is 49.8 Å². The number of ether oxygens (including phenoxy) is 3. The molecule has 1 aromatic heterocycles. The van der Waals surface area contributed by atoms with E-state index in [4.69, 9.17) is 23.5 Å². The minimum Gasteiger partial charge on any atom is -0.508 e. The van der Waals surface area contributed by atoms with Crippen LogP contribution < -0.4 is 20.5 Å². The second kappa shape index (κ2) is 17.5. The van der Waals surface area contributed by atoms with E-state index in [0.717, 1.165) is 22.3 Å². The number of hydroxylamine groups is 2. The summed E-state index contributed by atoms with van der Waals surface area (Å²) in [4.78, 5) is 60.4. The zero-order chi connectivity index (χ0) is 43.6. The highest BCUT2D eigenvalue weighted by Gasteiger charge is 2.68. The van der Waals surface area contributed by atoms with E-state index in [1.165, 1.54) is 36.6 Å². The Balaban J connectivity index is 1.27. The zero-order valence-corrected chi connectivity index (χ0v) is 32.9. The van der Waals surface area contributed by atoms with E-state index < -0.39 is 72.9 Å². The fourth-order valence-electron chi connectivity index (χ4n) is 7.73. The summed E-state index contributed by atoms with van der Waals surface area (Å²) in [6.07, 6.45) is -0.494. The van der Waals surface area contributed by atoms with Crippen LogP contribution in [0.4, 0.5) is 0 Å². The lowest BCUT2D eigenvalue weighted by Crippen LogP contribution is -3.09. The van der Waals surface area contributed by atoms with E-state index in [1.54, 1.807) is 24.4 Å². The van der Waals surface area contributed by atoms with Crippen LogP contribution in [0.5, 0.6) is 11.5 Å². The molecule has 0 spiro atoms. The van der Waals surface area contributed by atoms with Gasteiger partial charge in [-0.2, -0.15) is 9.90 Å². The fraction of sp³-hybridized carbons (Fsp3) is 0.326. The molecule has 7 rings (SSSR count). The largest absolute Gasteiger partial charge is 0.508 e. The number of aliphatic imine (C=N–C) groups is 1. The number of esters is 1. The van der Waals surface area contributed by atoms with Gasteiger partial charge in [0, 0.05) is 36.4 Å². The van der Waals surface area contributed by atoms with Gasteiger partial charge < -0.3 is 54.1 Å². The van der Waals surface area contributed by atoms with Crippen LogP contribution in [0.3, 0.4) is 0 Å². The minimum atomic E-state index is -2.86. The van der Waals surface area contributed by atoms with Crippen molar-refractivity contribution in [3.63, 3.8) is 0 Å². The minimum absolute atomic E-state index is 0.0133. The van der Waals surface area contributed by atoms with Crippen molar-refractivity contribution >= 4 is 41.1 Å². The number of aldehydes is 1. The van der Waals surface area contributed by atoms with Gasteiger partial charge in [0.2, 0.25) is 18.4 Å². The quantitative estimate of drug-likeness (QED) is 0.0321. The number of carbonyl (C=O) groups excluding carboxylic acids is 2. The molecule has 18 heteroatoms. The molecule has 4 heterocycles. The number of aryl methyl sites for hydroxylation is 2. The Kier molecular flexibility index (Phi) is 12.3. The highest BCUT2D eigenvalue weighted by atomic mass is 16.8. The van der Waals surface area contributed by atoms with Crippen molar-refractivity contribution in [2.24, 2.45) is 4.99 Å². The third kappa shape index (κ3) is 8.22. The second-order valence-corrected chi connectivity index (χ2v) is 15.0. The number of hydrogen-bond donors (Lipinski definition) is 8. The first-order valence-electron chi connectivity index (χ1n) is 19.2. The smallest absolute Gasteiger partial charge is 0.334 e. The van der Waals surface area contributed by atoms with Crippen LogP contribution in [0.2, 0.25) is 0 Å². The number of aliphatic carboxylic acids is 1. The summed E-state index contributed by atoms with van der Waals surface area (Å²) in [5, 5.41) is 68.5. The van der Waals surface area contributed by atoms with Gasteiger partial charge in [-0.1, -0.05) is 29.3 Å². The van der Waals surface area contributed by atoms with E-state index >= 15 is 0 Å². The van der Waals surface area contributed by atoms with Crippen LogP contribution in [-0.2, 0) is 28.7 Å². The summed E-state index contributed by atoms with van der Waals surface area (Å²) in [6, 6.07) is 14.0. The van der Waals surface area contributed by atoms with Gasteiger partial charge in [-0.15, -0.1) is 0 Å². The number of benzene rings is 3. The lowest BCUT2D eigenvalue weighted by Gasteiger charge is -2.54. The topological polar surface area (TPSA) is 269 Å². The van der Waals surface area contributed by atoms with E-state index in [2.05, 4.69) is 10.3 Å². The number of phenolic OH excluding ortho intramolecular Hbond substituents is 1. The standard InChI is InChI=1S/C43H43N3O15/c1-23-14-24(2)16-27(15-23)36-34-26(10-12-45-34)18-46(36)61-38-41(59-29-8-9-30-32(17-29)57-19-31(37(30)51)25-4-6-28(50)7-5-25)60-33(42(55,21-48)43(38,56)22-49)20-58-40(54)35(39(52)53)44-11-3-13-47/h4-10,12-17,19,33,35,38,41,44,48-50,55-56H,3,11,18,20-22H2,1-2H3,(H,52,53)/p+1/t33-,35+,38+,41-,42-,43-/m0/s1. The van der Waals surface area contributed by atoms with Crippen molar-refractivity contribution in [1.29, 1.82) is 0 Å². The zero-order valence-electron chi connectivity index (χ0n) is 32.9. The maximum atomic E-state index is 13.6. The molecule has 3 aromatic carbocycles. The summed E-state index contributed by atoms with van der Waals surface area (Å²) in [5.41, 5.74) is -0.833. The number of rotatable bonds is 16. The number of quaternary nitrogens is 1. The van der Waals surface area contributed by atoms with Crippen molar-refractivity contribution in [3.8, 4) is 22.6 Å². The van der Waals surface area contributed by atoms with Gasteiger partial charge in [0.05, 0.1) is 24.2 Å². The molecule has 3 aliphatic rings. The van der Waals surface area contributed by atoms with Crippen molar-refractivity contribution < 1.29 is 73.6 Å². The molecule has 1 saturated heterocycles. The highest BCUT2D eigenvalue weighted by molar-refractivity contribution is 5.98. The van der Waals surface area contributed by atoms with Crippen LogP contribution in [0.25, 0.3) is 27.8 Å². The third-order valence-electron chi connectivity index (χ3n) is 10.9. The Hall–Kier alpha value is -6.09. The van der Waals surface area contributed by atoms with Crippen molar-refractivity contribution in [2.45, 2.75) is 56.0 Å². The van der Waals surface area contributed by atoms with Crippen LogP contribution in [0, 0.1) is 13.8 Å². The molecule has 0 aliphatic carbocycles. The maximum absolute atomic E-state index is 13.6. The molecule has 0 radical (unpaired) electrons. The normalized spacial score (nSPS) is 25.0. The number of phenols is 1. The molecule has 18 nitrogen and oxygen atoms in total. The Labute approximate surface area is 347 Å². The molecular weight excluding hydrogens is 798 g/mol. The second-order valence-electron chi connectivity index (χ2n) is 15.0. The van der Waals surface area contributed by atoms with Gasteiger partial charge >= 0.3 is 11.9 Å². The summed E-state index contributed by atoms with van der Waals surface area (Å²) < 4.78 is 23.6. The number of carboxylic acids is 1. The Morgan fingerprint density at radius 2 is 1.74 bits per heavy atom. The molecular formula is C43H44N3O15+. The van der Waals surface area contributed by atoms with Crippen LogP contribution >= 0.6 is 0 Å². The number of fused-ring (bicyclic) bond motifs is 2. The predicted octanol–water partition coefficient (Wildman–Crippen LogP) is 0.0862. The number of aromatic hydroxyl groups is 1. The summed E-state index contributed by atoms with van der Waals surface area (Å²) in [6.45, 7) is 0.266. The number of carbonyl (C=O) groups is 3. The molecule has 1 fully saturated rings. The average Bonchev–Trinajstić information content (AvgIpc) is 3.83. The van der Waals surface area contributed by atoms with Crippen molar-refractivity contribution in [3.05, 3.63) is 111 Å². The van der Waals surface area contributed by atoms with E-state index in [1.807, 2.05) is 32.0 Å². The lowest BCUT2D eigenvalue weighted by molar-refractivity contribution is -1.04. The molecule has 3 aliphatic heterocycles. The molecule has 0 bridgehead atoms. The van der Waals surface area contributed by atoms with Gasteiger partial charge in [0.25, 0.3) is 0 Å². The predicted molar refractivity (Wildman–Crippen MR) is 214 cm³/mol. The van der Waals surface area contributed by atoms with Crippen LogP contribution in [0.1, 0.15) is 23.1 Å². The third-order valence-corrected chi connectivity index (χ3v) is 10.9. The Bertz CT molecular complexity index is 2480. The Morgan fingerprint density at radius 3 is 2.41 bits per heavy atom. The summed E-state index contributed by atoms with van der Waals surface area (Å²) in [5.74, 6) is -2.99. The van der Waals surface area contributed by atoms with Gasteiger partial charge in [-0.25, -0.2) is 14.6 Å². The number of allylic oxidation sites excluding steroid dienone is 1. The lowest BCUT2D eigenvalue weighted by atomic mass is 9.73. The molecule has 8 N–H and O–H groups in total. The van der Waals surface area contributed by atoms with E-state index in [0.29, 0.717) is 23.2 Å². The molecule has 4 aromatic rings. The number of carboxylic acid groups (broad SMARTS) is 1. The first kappa shape index (κ1) is 43.0. The summed E-state index contributed by atoms with van der Waals surface area (Å²) >= 11 is 0. The highest BCUT2D eigenvalue weighted by Crippen LogP contribution is 2.41. The van der Waals surface area contributed by atoms with Gasteiger partial charge in [-0.05, 0) is 61.9 Å². The molecule has 1 unspecified atom stereocenters. The van der Waals surface area contributed by atoms with Gasteiger partial charge in [-0.3, -0.25) is 10.1 Å². The molecule has 0 saturated carbocycles. The van der Waals surface area contributed by atoms with Gasteiger partial charge in [0.15, 0.2) is 22.3 Å². The Morgan fingerprint density at radius 1 is 1.02 bits per heavy atom.